The Kier molecular flexibility index (Phi) is 6.99. The standard InChI is InChI=1S/C22H32ClN3O/c1-16(2)17(3)26(21(27)24-22(4,5)6)15-20-11-8-12-25(20)14-18-9-7-10-19(23)13-18/h7-13,16-17H,14-15H2,1-6H3,(H,24,27)/t17-/m1/s1. The van der Waals surface area contributed by atoms with Gasteiger partial charge in [0.15, 0.2) is 0 Å². The molecule has 0 aliphatic carbocycles. The van der Waals surface area contributed by atoms with E-state index in [1.54, 1.807) is 0 Å². The Morgan fingerprint density at radius 2 is 1.89 bits per heavy atom. The van der Waals surface area contributed by atoms with E-state index in [4.69, 9.17) is 11.6 Å². The zero-order valence-electron chi connectivity index (χ0n) is 17.3. The number of hydrogen-bond acceptors (Lipinski definition) is 1. The summed E-state index contributed by atoms with van der Waals surface area (Å²) in [6, 6.07) is 12.1. The fourth-order valence-corrected chi connectivity index (χ4v) is 3.12. The zero-order valence-corrected chi connectivity index (χ0v) is 18.0. The second kappa shape index (κ2) is 8.83. The van der Waals surface area contributed by atoms with Crippen LogP contribution in [0, 0.1) is 5.92 Å². The summed E-state index contributed by atoms with van der Waals surface area (Å²) < 4.78 is 2.18. The van der Waals surface area contributed by atoms with Gasteiger partial charge in [0.1, 0.15) is 0 Å². The van der Waals surface area contributed by atoms with E-state index in [2.05, 4.69) is 49.0 Å². The van der Waals surface area contributed by atoms with Crippen LogP contribution in [-0.4, -0.2) is 27.1 Å². The van der Waals surface area contributed by atoms with Gasteiger partial charge >= 0.3 is 6.03 Å². The van der Waals surface area contributed by atoms with Gasteiger partial charge in [0.2, 0.25) is 0 Å². The molecule has 0 aliphatic heterocycles. The van der Waals surface area contributed by atoms with Crippen LogP contribution in [0.15, 0.2) is 42.6 Å². The average molecular weight is 390 g/mol. The Bertz CT molecular complexity index is 761. The predicted octanol–water partition coefficient (Wildman–Crippen LogP) is 5.54. The second-order valence-corrected chi connectivity index (χ2v) is 8.99. The van der Waals surface area contributed by atoms with Crippen LogP contribution < -0.4 is 5.32 Å². The summed E-state index contributed by atoms with van der Waals surface area (Å²) in [7, 11) is 0. The van der Waals surface area contributed by atoms with Crippen molar-refractivity contribution in [1.82, 2.24) is 14.8 Å². The lowest BCUT2D eigenvalue weighted by atomic mass is 10.0. The van der Waals surface area contributed by atoms with Crippen molar-refractivity contribution in [2.75, 3.05) is 0 Å². The molecule has 0 radical (unpaired) electrons. The molecule has 0 saturated carbocycles. The fourth-order valence-electron chi connectivity index (χ4n) is 2.91. The van der Waals surface area contributed by atoms with E-state index in [0.717, 1.165) is 22.8 Å². The smallest absolute Gasteiger partial charge is 0.318 e. The maximum atomic E-state index is 12.9. The molecule has 1 aromatic carbocycles. The van der Waals surface area contributed by atoms with E-state index in [1.165, 1.54) is 0 Å². The quantitative estimate of drug-likeness (QED) is 0.691. The number of nitrogens with one attached hydrogen (secondary N) is 1. The summed E-state index contributed by atoms with van der Waals surface area (Å²) in [5, 5.41) is 3.84. The molecule has 1 heterocycles. The summed E-state index contributed by atoms with van der Waals surface area (Å²) in [4.78, 5) is 14.9. The van der Waals surface area contributed by atoms with Crippen molar-refractivity contribution >= 4 is 17.6 Å². The maximum absolute atomic E-state index is 12.9. The van der Waals surface area contributed by atoms with E-state index < -0.39 is 0 Å². The zero-order chi connectivity index (χ0) is 20.2. The van der Waals surface area contributed by atoms with E-state index in [1.807, 2.05) is 49.9 Å². The molecule has 1 aromatic heterocycles. The highest BCUT2D eigenvalue weighted by atomic mass is 35.5. The summed E-state index contributed by atoms with van der Waals surface area (Å²) in [6.45, 7) is 13.7. The molecule has 0 aliphatic rings. The van der Waals surface area contributed by atoms with Crippen LogP contribution in [0.5, 0.6) is 0 Å². The highest BCUT2D eigenvalue weighted by molar-refractivity contribution is 6.30. The van der Waals surface area contributed by atoms with Crippen molar-refractivity contribution in [3.05, 3.63) is 58.9 Å². The van der Waals surface area contributed by atoms with Crippen LogP contribution in [0.25, 0.3) is 0 Å². The summed E-state index contributed by atoms with van der Waals surface area (Å²) in [5.41, 5.74) is 1.98. The molecular formula is C22H32ClN3O. The number of nitrogens with zero attached hydrogens (tertiary/aromatic N) is 2. The van der Waals surface area contributed by atoms with Gasteiger partial charge in [-0.2, -0.15) is 0 Å². The number of halogens is 1. The number of aromatic nitrogens is 1. The molecule has 5 heteroatoms. The third-order valence-electron chi connectivity index (χ3n) is 4.70. The Labute approximate surface area is 168 Å². The molecule has 2 aromatic rings. The Hall–Kier alpha value is -1.94. The molecule has 0 unspecified atom stereocenters. The molecule has 0 bridgehead atoms. The molecule has 4 nitrogen and oxygen atoms in total. The maximum Gasteiger partial charge on any atom is 0.318 e. The van der Waals surface area contributed by atoms with Gasteiger partial charge in [-0.3, -0.25) is 0 Å². The third-order valence-corrected chi connectivity index (χ3v) is 4.93. The fraction of sp³-hybridized carbons (Fsp3) is 0.500. The van der Waals surface area contributed by atoms with E-state index in [-0.39, 0.29) is 17.6 Å². The van der Waals surface area contributed by atoms with Crippen LogP contribution in [0.1, 0.15) is 52.8 Å². The van der Waals surface area contributed by atoms with E-state index in [9.17, 15) is 4.79 Å². The minimum Gasteiger partial charge on any atom is -0.345 e. The highest BCUT2D eigenvalue weighted by Gasteiger charge is 2.26. The first-order chi connectivity index (χ1) is 12.6. The first-order valence-corrected chi connectivity index (χ1v) is 9.92. The minimum atomic E-state index is -0.269. The molecule has 0 spiro atoms. The van der Waals surface area contributed by atoms with Gasteiger partial charge in [-0.05, 0) is 63.4 Å². The summed E-state index contributed by atoms with van der Waals surface area (Å²) in [6.07, 6.45) is 2.05. The minimum absolute atomic E-state index is 0.0285. The lowest BCUT2D eigenvalue weighted by molar-refractivity contribution is 0.148. The lowest BCUT2D eigenvalue weighted by Crippen LogP contribution is -2.52. The van der Waals surface area contributed by atoms with Crippen LogP contribution in [-0.2, 0) is 13.1 Å². The first-order valence-electron chi connectivity index (χ1n) is 9.54. The Morgan fingerprint density at radius 3 is 2.48 bits per heavy atom. The van der Waals surface area contributed by atoms with E-state index >= 15 is 0 Å². The van der Waals surface area contributed by atoms with Gasteiger partial charge in [-0.25, -0.2) is 4.79 Å². The van der Waals surface area contributed by atoms with Crippen LogP contribution >= 0.6 is 11.6 Å². The molecule has 2 amide bonds. The van der Waals surface area contributed by atoms with Gasteiger partial charge in [-0.1, -0.05) is 37.6 Å². The molecule has 2 rings (SSSR count). The molecule has 1 N–H and O–H groups in total. The van der Waals surface area contributed by atoms with Crippen molar-refractivity contribution in [1.29, 1.82) is 0 Å². The van der Waals surface area contributed by atoms with E-state index in [0.29, 0.717) is 12.5 Å². The van der Waals surface area contributed by atoms with Crippen LogP contribution in [0.3, 0.4) is 0 Å². The number of amides is 2. The lowest BCUT2D eigenvalue weighted by Gasteiger charge is -2.35. The molecule has 27 heavy (non-hydrogen) atoms. The number of urea groups is 1. The number of benzene rings is 1. The molecular weight excluding hydrogens is 358 g/mol. The molecule has 148 valence electrons. The highest BCUT2D eigenvalue weighted by Crippen LogP contribution is 2.18. The summed E-state index contributed by atoms with van der Waals surface area (Å²) in [5.74, 6) is 0.368. The van der Waals surface area contributed by atoms with Gasteiger partial charge in [0, 0.05) is 35.0 Å². The Balaban J connectivity index is 2.22. The van der Waals surface area contributed by atoms with Crippen molar-refractivity contribution < 1.29 is 4.79 Å². The second-order valence-electron chi connectivity index (χ2n) is 8.55. The summed E-state index contributed by atoms with van der Waals surface area (Å²) >= 11 is 6.12. The molecule has 0 fully saturated rings. The molecule has 0 saturated heterocycles. The average Bonchev–Trinajstić information content (AvgIpc) is 2.97. The molecule has 1 atom stereocenters. The van der Waals surface area contributed by atoms with Crippen LogP contribution in [0.2, 0.25) is 5.02 Å². The first kappa shape index (κ1) is 21.4. The largest absolute Gasteiger partial charge is 0.345 e. The number of rotatable bonds is 6. The number of carbonyl (C=O) groups is 1. The predicted molar refractivity (Wildman–Crippen MR) is 113 cm³/mol. The van der Waals surface area contributed by atoms with Crippen molar-refractivity contribution in [3.63, 3.8) is 0 Å². The topological polar surface area (TPSA) is 37.3 Å². The van der Waals surface area contributed by atoms with Crippen molar-refractivity contribution in [2.24, 2.45) is 5.92 Å². The monoisotopic (exact) mass is 389 g/mol. The SMILES string of the molecule is CC(C)[C@@H](C)N(Cc1cccn1Cc1cccc(Cl)c1)C(=O)NC(C)(C)C. The Morgan fingerprint density at radius 1 is 1.19 bits per heavy atom. The van der Waals surface area contributed by atoms with Gasteiger partial charge in [0.25, 0.3) is 0 Å². The van der Waals surface area contributed by atoms with Gasteiger partial charge in [-0.15, -0.1) is 0 Å². The van der Waals surface area contributed by atoms with Gasteiger partial charge < -0.3 is 14.8 Å². The van der Waals surface area contributed by atoms with Gasteiger partial charge in [0.05, 0.1) is 6.54 Å². The number of hydrogen-bond donors (Lipinski definition) is 1. The third kappa shape index (κ3) is 6.31. The number of carbonyl (C=O) groups excluding carboxylic acids is 1. The van der Waals surface area contributed by atoms with Crippen molar-refractivity contribution in [3.8, 4) is 0 Å². The normalized spacial score (nSPS) is 12.9. The van der Waals surface area contributed by atoms with Crippen molar-refractivity contribution in [2.45, 2.75) is 66.2 Å². The van der Waals surface area contributed by atoms with Crippen LogP contribution in [0.4, 0.5) is 4.79 Å².